The van der Waals surface area contributed by atoms with E-state index >= 15 is 0 Å². The maximum Gasteiger partial charge on any atom is 0.445 e. The lowest BCUT2D eigenvalue weighted by Gasteiger charge is -2.28. The van der Waals surface area contributed by atoms with E-state index in [9.17, 15) is 14.7 Å². The standard InChI is InChI=1S/C16H18BrN3O4/c1-16(2,3)12-8-4-6-10(18)13(17)9(8)5-7-11(12)20(15(22)23)24-14(19)21/h4-7H,18H2,1-3H3,(H2,19,21)(H,22,23). The lowest BCUT2D eigenvalue weighted by Crippen LogP contribution is -2.36. The van der Waals surface area contributed by atoms with E-state index in [2.05, 4.69) is 20.8 Å². The van der Waals surface area contributed by atoms with Crippen LogP contribution in [0.2, 0.25) is 0 Å². The molecule has 2 aromatic rings. The molecule has 8 heteroatoms. The van der Waals surface area contributed by atoms with Crippen LogP contribution in [0.3, 0.4) is 0 Å². The minimum atomic E-state index is -1.45. The largest absolute Gasteiger partial charge is 0.463 e. The number of halogens is 1. The average molecular weight is 396 g/mol. The molecule has 0 fully saturated rings. The molecule has 0 saturated heterocycles. The van der Waals surface area contributed by atoms with Gasteiger partial charge in [-0.2, -0.15) is 0 Å². The molecule has 0 radical (unpaired) electrons. The Labute approximate surface area is 147 Å². The highest BCUT2D eigenvalue weighted by atomic mass is 79.9. The third kappa shape index (κ3) is 3.23. The molecule has 0 aliphatic heterocycles. The van der Waals surface area contributed by atoms with Crippen LogP contribution in [0.5, 0.6) is 0 Å². The van der Waals surface area contributed by atoms with Gasteiger partial charge in [-0.25, -0.2) is 9.59 Å². The first-order chi connectivity index (χ1) is 11.0. The molecule has 24 heavy (non-hydrogen) atoms. The van der Waals surface area contributed by atoms with Gasteiger partial charge in [0.25, 0.3) is 0 Å². The zero-order chi connectivity index (χ0) is 18.2. The van der Waals surface area contributed by atoms with Crippen LogP contribution in [-0.4, -0.2) is 17.3 Å². The molecule has 0 heterocycles. The van der Waals surface area contributed by atoms with E-state index in [1.165, 1.54) is 0 Å². The van der Waals surface area contributed by atoms with E-state index in [-0.39, 0.29) is 5.69 Å². The average Bonchev–Trinajstić information content (AvgIpc) is 2.46. The van der Waals surface area contributed by atoms with Gasteiger partial charge in [-0.15, -0.1) is 5.06 Å². The first-order valence-electron chi connectivity index (χ1n) is 7.05. The van der Waals surface area contributed by atoms with Crippen molar-refractivity contribution >= 4 is 50.3 Å². The van der Waals surface area contributed by atoms with Crippen LogP contribution in [-0.2, 0) is 10.3 Å². The molecular formula is C16H18BrN3O4. The van der Waals surface area contributed by atoms with Crippen LogP contribution in [0.25, 0.3) is 10.8 Å². The SMILES string of the molecule is CC(C)(C)c1c(N(OC(N)=O)C(=O)O)ccc2c(Br)c(N)ccc12. The summed E-state index contributed by atoms with van der Waals surface area (Å²) in [5.74, 6) is 0. The van der Waals surface area contributed by atoms with Gasteiger partial charge < -0.3 is 21.4 Å². The fourth-order valence-corrected chi connectivity index (χ4v) is 3.09. The molecule has 0 saturated carbocycles. The summed E-state index contributed by atoms with van der Waals surface area (Å²) in [5.41, 5.74) is 11.9. The molecule has 0 aliphatic rings. The molecule has 2 aromatic carbocycles. The third-order valence-corrected chi connectivity index (χ3v) is 4.35. The van der Waals surface area contributed by atoms with E-state index in [0.717, 1.165) is 15.2 Å². The summed E-state index contributed by atoms with van der Waals surface area (Å²) in [6.45, 7) is 5.79. The number of nitrogen functional groups attached to an aromatic ring is 1. The molecule has 5 N–H and O–H groups in total. The highest BCUT2D eigenvalue weighted by Gasteiger charge is 2.29. The Bertz CT molecular complexity index is 830. The Kier molecular flexibility index (Phi) is 4.61. The Morgan fingerprint density at radius 3 is 2.25 bits per heavy atom. The quantitative estimate of drug-likeness (QED) is 0.498. The molecule has 2 rings (SSSR count). The summed E-state index contributed by atoms with van der Waals surface area (Å²) < 4.78 is 0.717. The number of hydrogen-bond donors (Lipinski definition) is 3. The second-order valence-electron chi connectivity index (χ2n) is 6.26. The summed E-state index contributed by atoms with van der Waals surface area (Å²) in [6, 6.07) is 6.81. The predicted molar refractivity (Wildman–Crippen MR) is 95.9 cm³/mol. The van der Waals surface area contributed by atoms with E-state index in [4.69, 9.17) is 11.5 Å². The molecular weight excluding hydrogens is 378 g/mol. The minimum Gasteiger partial charge on any atom is -0.463 e. The number of amides is 2. The number of carbonyl (C=O) groups excluding carboxylic acids is 1. The number of hydroxylamine groups is 1. The number of nitrogens with two attached hydrogens (primary N) is 2. The number of fused-ring (bicyclic) bond motifs is 1. The van der Waals surface area contributed by atoms with Gasteiger partial charge >= 0.3 is 12.2 Å². The molecule has 0 aliphatic carbocycles. The normalized spacial score (nSPS) is 11.3. The van der Waals surface area contributed by atoms with Crippen molar-refractivity contribution in [1.29, 1.82) is 0 Å². The lowest BCUT2D eigenvalue weighted by molar-refractivity contribution is 0.124. The smallest absolute Gasteiger partial charge is 0.445 e. The van der Waals surface area contributed by atoms with Gasteiger partial charge in [-0.1, -0.05) is 32.9 Å². The van der Waals surface area contributed by atoms with E-state index < -0.39 is 17.6 Å². The molecule has 7 nitrogen and oxygen atoms in total. The van der Waals surface area contributed by atoms with Crippen molar-refractivity contribution in [2.24, 2.45) is 5.73 Å². The fraction of sp³-hybridized carbons (Fsp3) is 0.250. The summed E-state index contributed by atoms with van der Waals surface area (Å²) in [7, 11) is 0. The topological polar surface area (TPSA) is 119 Å². The van der Waals surface area contributed by atoms with E-state index in [1.807, 2.05) is 26.8 Å². The maximum absolute atomic E-state index is 11.5. The van der Waals surface area contributed by atoms with Crippen LogP contribution in [0.4, 0.5) is 21.0 Å². The number of rotatable bonds is 1. The molecule has 0 aromatic heterocycles. The van der Waals surface area contributed by atoms with Gasteiger partial charge in [0.2, 0.25) is 0 Å². The number of carbonyl (C=O) groups is 2. The second-order valence-corrected chi connectivity index (χ2v) is 7.05. The monoisotopic (exact) mass is 395 g/mol. The van der Waals surface area contributed by atoms with Crippen LogP contribution in [0.1, 0.15) is 26.3 Å². The van der Waals surface area contributed by atoms with E-state index in [1.54, 1.807) is 18.2 Å². The predicted octanol–water partition coefficient (Wildman–Crippen LogP) is 3.98. The lowest BCUT2D eigenvalue weighted by atomic mass is 9.82. The van der Waals surface area contributed by atoms with Crippen molar-refractivity contribution in [3.63, 3.8) is 0 Å². The Morgan fingerprint density at radius 1 is 1.17 bits per heavy atom. The van der Waals surface area contributed by atoms with Gasteiger partial charge in [-0.3, -0.25) is 0 Å². The number of primary amides is 1. The zero-order valence-corrected chi connectivity index (χ0v) is 15.0. The second kappa shape index (κ2) is 6.20. The van der Waals surface area contributed by atoms with Crippen molar-refractivity contribution in [2.45, 2.75) is 26.2 Å². The highest BCUT2D eigenvalue weighted by Crippen LogP contribution is 2.41. The molecule has 2 amide bonds. The van der Waals surface area contributed by atoms with Crippen molar-refractivity contribution in [3.8, 4) is 0 Å². The Morgan fingerprint density at radius 2 is 1.75 bits per heavy atom. The van der Waals surface area contributed by atoms with Crippen LogP contribution < -0.4 is 16.5 Å². The van der Waals surface area contributed by atoms with Gasteiger partial charge in [0.05, 0.1) is 5.69 Å². The molecule has 0 unspecified atom stereocenters. The summed E-state index contributed by atoms with van der Waals surface area (Å²) >= 11 is 3.45. The maximum atomic E-state index is 11.5. The summed E-state index contributed by atoms with van der Waals surface area (Å²) in [5, 5.41) is 11.5. The molecule has 0 spiro atoms. The van der Waals surface area contributed by atoms with Crippen LogP contribution in [0, 0.1) is 0 Å². The van der Waals surface area contributed by atoms with Crippen LogP contribution in [0.15, 0.2) is 28.7 Å². The van der Waals surface area contributed by atoms with Crippen LogP contribution >= 0.6 is 15.9 Å². The summed E-state index contributed by atoms with van der Waals surface area (Å²) in [6.07, 6.45) is -2.66. The van der Waals surface area contributed by atoms with Crippen molar-refractivity contribution in [2.75, 3.05) is 10.8 Å². The number of hydrogen-bond acceptors (Lipinski definition) is 4. The van der Waals surface area contributed by atoms with E-state index in [0.29, 0.717) is 16.3 Å². The number of nitrogens with zero attached hydrogens (tertiary/aromatic N) is 1. The first-order valence-corrected chi connectivity index (χ1v) is 7.85. The van der Waals surface area contributed by atoms with Gasteiger partial charge in [0.1, 0.15) is 0 Å². The van der Waals surface area contributed by atoms with Crippen molar-refractivity contribution < 1.29 is 19.5 Å². The number of anilines is 2. The Balaban J connectivity index is 2.86. The molecule has 0 atom stereocenters. The first kappa shape index (κ1) is 17.9. The minimum absolute atomic E-state index is 0.220. The molecule has 0 bridgehead atoms. The van der Waals surface area contributed by atoms with Gasteiger partial charge in [0.15, 0.2) is 0 Å². The summed E-state index contributed by atoms with van der Waals surface area (Å²) in [4.78, 5) is 27.3. The number of carboxylic acid groups (broad SMARTS) is 1. The van der Waals surface area contributed by atoms with Crippen molar-refractivity contribution in [3.05, 3.63) is 34.3 Å². The van der Waals surface area contributed by atoms with Gasteiger partial charge in [-0.05, 0) is 49.8 Å². The molecule has 128 valence electrons. The fourth-order valence-electron chi connectivity index (χ4n) is 2.61. The third-order valence-electron chi connectivity index (χ3n) is 3.47. The highest BCUT2D eigenvalue weighted by molar-refractivity contribution is 9.10. The van der Waals surface area contributed by atoms with Crippen molar-refractivity contribution in [1.82, 2.24) is 0 Å². The number of benzene rings is 2. The Hall–Kier alpha value is -2.48. The van der Waals surface area contributed by atoms with Gasteiger partial charge in [0, 0.05) is 10.2 Å². The zero-order valence-electron chi connectivity index (χ0n) is 13.5.